The van der Waals surface area contributed by atoms with E-state index in [0.717, 1.165) is 0 Å². The zero-order valence-corrected chi connectivity index (χ0v) is 11.3. The molecule has 0 amide bonds. The second-order valence-corrected chi connectivity index (χ2v) is 4.52. The molecule has 1 aromatic carbocycles. The highest BCUT2D eigenvalue weighted by atomic mass is 79.9. The zero-order chi connectivity index (χ0) is 13.1. The molecule has 18 heavy (non-hydrogen) atoms. The summed E-state index contributed by atoms with van der Waals surface area (Å²) < 4.78 is 32.4. The standard InChI is InChI=1S/C12H7BrClF2NO/c13-9-5-8(15)1-2-10(9)18-12-11(16)7(6-14)3-4-17-12/h1-5H,6H2. The quantitative estimate of drug-likeness (QED) is 0.762. The highest BCUT2D eigenvalue weighted by Crippen LogP contribution is 2.31. The van der Waals surface area contributed by atoms with E-state index in [0.29, 0.717) is 10.0 Å². The fourth-order valence-corrected chi connectivity index (χ4v) is 1.94. The second kappa shape index (κ2) is 5.63. The first-order valence-corrected chi connectivity index (χ1v) is 6.27. The molecular weight excluding hydrogens is 327 g/mol. The predicted molar refractivity (Wildman–Crippen MR) is 67.9 cm³/mol. The highest BCUT2D eigenvalue weighted by molar-refractivity contribution is 9.10. The van der Waals surface area contributed by atoms with Crippen LogP contribution in [0.3, 0.4) is 0 Å². The fourth-order valence-electron chi connectivity index (χ4n) is 1.30. The molecule has 0 aliphatic heterocycles. The van der Waals surface area contributed by atoms with Crippen molar-refractivity contribution in [1.82, 2.24) is 4.98 Å². The van der Waals surface area contributed by atoms with Crippen molar-refractivity contribution in [2.24, 2.45) is 0 Å². The number of ether oxygens (including phenoxy) is 1. The van der Waals surface area contributed by atoms with Crippen LogP contribution in [0, 0.1) is 11.6 Å². The van der Waals surface area contributed by atoms with Gasteiger partial charge < -0.3 is 4.74 Å². The summed E-state index contributed by atoms with van der Waals surface area (Å²) >= 11 is 8.70. The van der Waals surface area contributed by atoms with Crippen LogP contribution in [-0.2, 0) is 5.88 Å². The van der Waals surface area contributed by atoms with Crippen molar-refractivity contribution in [2.75, 3.05) is 0 Å². The maximum absolute atomic E-state index is 13.8. The smallest absolute Gasteiger partial charge is 0.256 e. The minimum Gasteiger partial charge on any atom is -0.435 e. The molecule has 1 heterocycles. The molecule has 6 heteroatoms. The van der Waals surface area contributed by atoms with Crippen molar-refractivity contribution in [3.8, 4) is 11.6 Å². The third-order valence-corrected chi connectivity index (χ3v) is 3.09. The molecule has 0 fully saturated rings. The van der Waals surface area contributed by atoms with Crippen molar-refractivity contribution < 1.29 is 13.5 Å². The Hall–Kier alpha value is -1.20. The summed E-state index contributed by atoms with van der Waals surface area (Å²) in [5.74, 6) is -0.939. The van der Waals surface area contributed by atoms with E-state index in [-0.39, 0.29) is 17.5 Å². The Morgan fingerprint density at radius 1 is 1.28 bits per heavy atom. The van der Waals surface area contributed by atoms with Gasteiger partial charge in [0.15, 0.2) is 5.82 Å². The molecule has 0 saturated heterocycles. The normalized spacial score (nSPS) is 10.4. The van der Waals surface area contributed by atoms with Crippen molar-refractivity contribution in [2.45, 2.75) is 5.88 Å². The Bertz CT molecular complexity index is 580. The van der Waals surface area contributed by atoms with Crippen LogP contribution in [0.2, 0.25) is 0 Å². The summed E-state index contributed by atoms with van der Waals surface area (Å²) in [6.07, 6.45) is 1.40. The Morgan fingerprint density at radius 3 is 2.72 bits per heavy atom. The van der Waals surface area contributed by atoms with Gasteiger partial charge in [-0.25, -0.2) is 13.8 Å². The van der Waals surface area contributed by atoms with E-state index in [1.165, 1.54) is 30.5 Å². The molecule has 94 valence electrons. The monoisotopic (exact) mass is 333 g/mol. The molecule has 0 unspecified atom stereocenters. The third kappa shape index (κ3) is 2.79. The molecule has 0 saturated carbocycles. The second-order valence-electron chi connectivity index (χ2n) is 3.40. The molecule has 0 spiro atoms. The van der Waals surface area contributed by atoms with Crippen LogP contribution in [0.4, 0.5) is 8.78 Å². The van der Waals surface area contributed by atoms with Gasteiger partial charge in [-0.1, -0.05) is 0 Å². The van der Waals surface area contributed by atoms with Crippen LogP contribution in [0.1, 0.15) is 5.56 Å². The molecule has 0 radical (unpaired) electrons. The van der Waals surface area contributed by atoms with Crippen LogP contribution < -0.4 is 4.74 Å². The van der Waals surface area contributed by atoms with Crippen LogP contribution in [0.5, 0.6) is 11.6 Å². The topological polar surface area (TPSA) is 22.1 Å². The highest BCUT2D eigenvalue weighted by Gasteiger charge is 2.12. The third-order valence-electron chi connectivity index (χ3n) is 2.18. The van der Waals surface area contributed by atoms with Crippen molar-refractivity contribution >= 4 is 27.5 Å². The summed E-state index contributed by atoms with van der Waals surface area (Å²) in [7, 11) is 0. The fraction of sp³-hybridized carbons (Fsp3) is 0.0833. The van der Waals surface area contributed by atoms with Crippen LogP contribution in [0.15, 0.2) is 34.9 Å². The minimum atomic E-state index is -0.622. The molecule has 2 rings (SSSR count). The summed E-state index contributed by atoms with van der Waals surface area (Å²) in [5.41, 5.74) is 0.292. The lowest BCUT2D eigenvalue weighted by Gasteiger charge is -2.08. The molecule has 0 N–H and O–H groups in total. The molecular formula is C12H7BrClF2NO. The SMILES string of the molecule is Fc1ccc(Oc2nccc(CCl)c2F)c(Br)c1. The number of pyridine rings is 1. The Morgan fingerprint density at radius 2 is 2.06 bits per heavy atom. The van der Waals surface area contributed by atoms with Crippen LogP contribution in [0.25, 0.3) is 0 Å². The number of hydrogen-bond donors (Lipinski definition) is 0. The van der Waals surface area contributed by atoms with Crippen LogP contribution >= 0.6 is 27.5 Å². The summed E-state index contributed by atoms with van der Waals surface area (Å²) in [6.45, 7) is 0. The van der Waals surface area contributed by atoms with E-state index in [2.05, 4.69) is 20.9 Å². The van der Waals surface area contributed by atoms with Gasteiger partial charge in [0, 0.05) is 11.8 Å². The molecule has 0 aliphatic rings. The summed E-state index contributed by atoms with van der Waals surface area (Å²) in [4.78, 5) is 3.78. The van der Waals surface area contributed by atoms with E-state index in [1.54, 1.807) is 0 Å². The lowest BCUT2D eigenvalue weighted by Crippen LogP contribution is -1.96. The molecule has 2 aromatic rings. The molecule has 0 bridgehead atoms. The van der Waals surface area contributed by atoms with E-state index < -0.39 is 11.6 Å². The van der Waals surface area contributed by atoms with E-state index in [1.807, 2.05) is 0 Å². The maximum Gasteiger partial charge on any atom is 0.256 e. The van der Waals surface area contributed by atoms with Gasteiger partial charge in [0.2, 0.25) is 0 Å². The van der Waals surface area contributed by atoms with Crippen molar-refractivity contribution in [3.05, 3.63) is 52.1 Å². The number of alkyl halides is 1. The van der Waals surface area contributed by atoms with Gasteiger partial charge in [0.1, 0.15) is 11.6 Å². The number of hydrogen-bond acceptors (Lipinski definition) is 2. The van der Waals surface area contributed by atoms with Gasteiger partial charge in [0.05, 0.1) is 10.4 Å². The van der Waals surface area contributed by atoms with Gasteiger partial charge in [-0.2, -0.15) is 0 Å². The summed E-state index contributed by atoms with van der Waals surface area (Å²) in [6, 6.07) is 5.28. The largest absolute Gasteiger partial charge is 0.435 e. The predicted octanol–water partition coefficient (Wildman–Crippen LogP) is 4.65. The number of nitrogens with zero attached hydrogens (tertiary/aromatic N) is 1. The first kappa shape index (κ1) is 13.2. The average Bonchev–Trinajstić information content (AvgIpc) is 2.35. The Kier molecular flexibility index (Phi) is 4.14. The van der Waals surface area contributed by atoms with Gasteiger partial charge in [-0.15, -0.1) is 11.6 Å². The number of rotatable bonds is 3. The molecule has 2 nitrogen and oxygen atoms in total. The zero-order valence-electron chi connectivity index (χ0n) is 8.96. The van der Waals surface area contributed by atoms with E-state index in [9.17, 15) is 8.78 Å². The van der Waals surface area contributed by atoms with E-state index in [4.69, 9.17) is 16.3 Å². The Labute approximate surface area is 116 Å². The van der Waals surface area contributed by atoms with Gasteiger partial charge in [-0.05, 0) is 40.2 Å². The first-order chi connectivity index (χ1) is 8.61. The molecule has 0 atom stereocenters. The molecule has 1 aromatic heterocycles. The van der Waals surface area contributed by atoms with Gasteiger partial charge in [-0.3, -0.25) is 0 Å². The molecule has 0 aliphatic carbocycles. The number of benzene rings is 1. The van der Waals surface area contributed by atoms with Crippen molar-refractivity contribution in [3.63, 3.8) is 0 Å². The lowest BCUT2D eigenvalue weighted by atomic mass is 10.3. The minimum absolute atomic E-state index is 0.0231. The van der Waals surface area contributed by atoms with Gasteiger partial charge in [0.25, 0.3) is 5.88 Å². The maximum atomic E-state index is 13.8. The average molecular weight is 335 g/mol. The summed E-state index contributed by atoms with van der Waals surface area (Å²) in [5, 5.41) is 0. The lowest BCUT2D eigenvalue weighted by molar-refractivity contribution is 0.417. The van der Waals surface area contributed by atoms with Gasteiger partial charge >= 0.3 is 0 Å². The van der Waals surface area contributed by atoms with Crippen LogP contribution in [-0.4, -0.2) is 4.98 Å². The first-order valence-electron chi connectivity index (χ1n) is 4.94. The van der Waals surface area contributed by atoms with Crippen molar-refractivity contribution in [1.29, 1.82) is 0 Å². The number of aromatic nitrogens is 1. The number of halogens is 4. The van der Waals surface area contributed by atoms with E-state index >= 15 is 0 Å². The Balaban J connectivity index is 2.34.